The maximum atomic E-state index is 12.2. The van der Waals surface area contributed by atoms with Crippen molar-refractivity contribution in [3.05, 3.63) is 107 Å². The summed E-state index contributed by atoms with van der Waals surface area (Å²) in [6.45, 7) is 10.1. The third-order valence-corrected chi connectivity index (χ3v) is 6.63. The van der Waals surface area contributed by atoms with E-state index in [4.69, 9.17) is 0 Å². The molecule has 2 N–H and O–H groups in total. The molecule has 0 saturated carbocycles. The van der Waals surface area contributed by atoms with Gasteiger partial charge in [0, 0.05) is 43.4 Å². The molecule has 3 aromatic carbocycles. The summed E-state index contributed by atoms with van der Waals surface area (Å²) in [6, 6.07) is 19.9. The molecule has 0 aliphatic rings. The monoisotopic (exact) mass is 576 g/mol. The number of hydrogen-bond acceptors (Lipinski definition) is 5. The molecule has 0 saturated heterocycles. The van der Waals surface area contributed by atoms with Crippen molar-refractivity contribution in [2.45, 2.75) is 53.0 Å². The molecule has 5 nitrogen and oxygen atoms in total. The molecule has 0 atom stereocenters. The topological polar surface area (TPSA) is 57.3 Å². The van der Waals surface area contributed by atoms with Crippen LogP contribution in [0.1, 0.15) is 60.2 Å². The minimum Gasteiger partial charge on any atom is -0.359 e. The van der Waals surface area contributed by atoms with Gasteiger partial charge in [-0.05, 0) is 92.7 Å². The van der Waals surface area contributed by atoms with Crippen LogP contribution in [0.25, 0.3) is 10.8 Å². The highest BCUT2D eigenvalue weighted by atomic mass is 19.1. The summed E-state index contributed by atoms with van der Waals surface area (Å²) in [6.07, 6.45) is 7.30. The van der Waals surface area contributed by atoms with Crippen molar-refractivity contribution >= 4 is 22.9 Å². The van der Waals surface area contributed by atoms with Gasteiger partial charge >= 0.3 is 0 Å². The maximum Gasteiger partial charge on any atom is 0.150 e. The van der Waals surface area contributed by atoms with Gasteiger partial charge < -0.3 is 15.5 Å². The Hall–Kier alpha value is -3.68. The van der Waals surface area contributed by atoms with E-state index in [1.54, 1.807) is 6.92 Å². The van der Waals surface area contributed by atoms with E-state index in [2.05, 4.69) is 58.6 Å². The molecule has 0 amide bonds. The maximum absolute atomic E-state index is 12.2. The zero-order valence-electron chi connectivity index (χ0n) is 25.7. The number of nitrogens with one attached hydrogen (secondary N) is 2. The molecule has 0 aliphatic heterocycles. The number of rotatable bonds is 12. The number of aromatic nitrogens is 1. The Morgan fingerprint density at radius 3 is 2.29 bits per heavy atom. The number of hydrogen-bond donors (Lipinski definition) is 2. The van der Waals surface area contributed by atoms with Crippen LogP contribution >= 0.6 is 0 Å². The molecule has 1 aromatic heterocycles. The number of carbonyl (C=O) groups excluding carboxylic acids is 1. The highest BCUT2D eigenvalue weighted by molar-refractivity contribution is 5.95. The second-order valence-corrected chi connectivity index (χ2v) is 10.3. The fraction of sp³-hybridized carbons (Fsp3) is 0.371. The van der Waals surface area contributed by atoms with Gasteiger partial charge in [0.15, 0.2) is 0 Å². The number of aldehydes is 1. The molecule has 226 valence electrons. The molecule has 0 unspecified atom stereocenters. The molecule has 0 radical (unpaired) electrons. The summed E-state index contributed by atoms with van der Waals surface area (Å²) in [5, 5.41) is 8.75. The molecule has 42 heavy (non-hydrogen) atoms. The molecular weight excluding hydrogens is 530 g/mol. The van der Waals surface area contributed by atoms with Gasteiger partial charge in [-0.25, -0.2) is 13.8 Å². The summed E-state index contributed by atoms with van der Waals surface area (Å²) in [4.78, 5) is 17.5. The van der Waals surface area contributed by atoms with Crippen LogP contribution in [0.3, 0.4) is 0 Å². The molecule has 0 aliphatic carbocycles. The Morgan fingerprint density at radius 2 is 1.64 bits per heavy atom. The smallest absolute Gasteiger partial charge is 0.150 e. The lowest BCUT2D eigenvalue weighted by atomic mass is 10.1. The molecule has 1 heterocycles. The molecule has 4 aromatic rings. The van der Waals surface area contributed by atoms with E-state index in [1.165, 1.54) is 29.7 Å². The quantitative estimate of drug-likeness (QED) is 0.135. The van der Waals surface area contributed by atoms with Crippen molar-refractivity contribution in [3.8, 4) is 0 Å². The van der Waals surface area contributed by atoms with Crippen LogP contribution in [0.4, 0.5) is 14.6 Å². The van der Waals surface area contributed by atoms with Gasteiger partial charge in [0.2, 0.25) is 0 Å². The summed E-state index contributed by atoms with van der Waals surface area (Å²) in [7, 11) is 4.04. The number of aryl methyl sites for hydroxylation is 2. The second kappa shape index (κ2) is 19.4. The van der Waals surface area contributed by atoms with Crippen LogP contribution < -0.4 is 15.5 Å². The average Bonchev–Trinajstić information content (AvgIpc) is 2.99. The highest BCUT2D eigenvalue weighted by Gasteiger charge is 2.08. The van der Waals surface area contributed by atoms with Crippen molar-refractivity contribution in [2.24, 2.45) is 0 Å². The lowest BCUT2D eigenvalue weighted by Crippen LogP contribution is -2.19. The molecule has 0 spiro atoms. The van der Waals surface area contributed by atoms with E-state index in [0.717, 1.165) is 74.4 Å². The summed E-state index contributed by atoms with van der Waals surface area (Å²) >= 11 is 0. The van der Waals surface area contributed by atoms with E-state index < -0.39 is 11.6 Å². The third-order valence-electron chi connectivity index (χ3n) is 6.63. The largest absolute Gasteiger partial charge is 0.359 e. The summed E-state index contributed by atoms with van der Waals surface area (Å²) in [5.41, 5.74) is 4.11. The van der Waals surface area contributed by atoms with Gasteiger partial charge in [0.25, 0.3) is 0 Å². The van der Waals surface area contributed by atoms with Crippen LogP contribution in [0.15, 0.2) is 72.9 Å². The fourth-order valence-electron chi connectivity index (χ4n) is 4.32. The summed E-state index contributed by atoms with van der Waals surface area (Å²) in [5.74, 6) is -0.0929. The van der Waals surface area contributed by atoms with Crippen molar-refractivity contribution in [1.82, 2.24) is 15.6 Å². The number of carbonyl (C=O) groups is 1. The number of halogens is 2. The van der Waals surface area contributed by atoms with Crippen LogP contribution in [0, 0.1) is 18.6 Å². The predicted molar refractivity (Wildman–Crippen MR) is 172 cm³/mol. The summed E-state index contributed by atoms with van der Waals surface area (Å²) < 4.78 is 24.4. The Morgan fingerprint density at radius 1 is 0.905 bits per heavy atom. The first-order chi connectivity index (χ1) is 20.3. The first-order valence-corrected chi connectivity index (χ1v) is 14.7. The molecule has 7 heteroatoms. The number of nitrogens with zero attached hydrogens (tertiary/aromatic N) is 2. The first kappa shape index (κ1) is 34.5. The number of pyridine rings is 1. The van der Waals surface area contributed by atoms with Crippen molar-refractivity contribution in [3.63, 3.8) is 0 Å². The fourth-order valence-corrected chi connectivity index (χ4v) is 4.32. The van der Waals surface area contributed by atoms with Gasteiger partial charge in [-0.15, -0.1) is 0 Å². The van der Waals surface area contributed by atoms with E-state index >= 15 is 0 Å². The normalized spacial score (nSPS) is 10.4. The van der Waals surface area contributed by atoms with Crippen molar-refractivity contribution < 1.29 is 13.6 Å². The molecule has 4 rings (SSSR count). The van der Waals surface area contributed by atoms with Crippen molar-refractivity contribution in [2.75, 3.05) is 38.6 Å². The van der Waals surface area contributed by atoms with Crippen LogP contribution in [0.5, 0.6) is 0 Å². The number of benzene rings is 3. The van der Waals surface area contributed by atoms with Gasteiger partial charge in [-0.3, -0.25) is 4.79 Å². The molecule has 0 fully saturated rings. The zero-order chi connectivity index (χ0) is 30.7. The van der Waals surface area contributed by atoms with Crippen LogP contribution in [-0.4, -0.2) is 45.0 Å². The van der Waals surface area contributed by atoms with Crippen LogP contribution in [0.2, 0.25) is 0 Å². The number of fused-ring (bicyclic) bond motifs is 1. The molecular formula is C35H46F2N4O. The minimum atomic E-state index is -0.521. The van der Waals surface area contributed by atoms with Crippen molar-refractivity contribution in [1.29, 1.82) is 0 Å². The van der Waals surface area contributed by atoms with Gasteiger partial charge in [0.05, 0.1) is 0 Å². The Labute approximate surface area is 250 Å². The zero-order valence-corrected chi connectivity index (χ0v) is 25.7. The van der Waals surface area contributed by atoms with Gasteiger partial charge in [-0.2, -0.15) is 0 Å². The first-order valence-electron chi connectivity index (χ1n) is 14.7. The molecule has 0 bridgehead atoms. The van der Waals surface area contributed by atoms with E-state index in [-0.39, 0.29) is 0 Å². The number of anilines is 1. The Kier molecular flexibility index (Phi) is 16.0. The predicted octanol–water partition coefficient (Wildman–Crippen LogP) is 7.50. The highest BCUT2D eigenvalue weighted by Crippen LogP contribution is 2.24. The minimum absolute atomic E-state index is 0.521. The Bertz CT molecular complexity index is 1310. The lowest BCUT2D eigenvalue weighted by molar-refractivity contribution is 0.112. The van der Waals surface area contributed by atoms with E-state index in [0.29, 0.717) is 11.1 Å². The SMILES string of the molecule is CCCCN(C)c1nccc2ccc(C=O)cc12.CCc1cccc(CNCCCNC)c1.Cc1cc(F)cc(F)c1. The van der Waals surface area contributed by atoms with Gasteiger partial charge in [-0.1, -0.05) is 56.7 Å². The number of unbranched alkanes of at least 4 members (excludes halogenated alkanes) is 1. The lowest BCUT2D eigenvalue weighted by Gasteiger charge is -2.19. The average molecular weight is 577 g/mol. The third kappa shape index (κ3) is 12.5. The van der Waals surface area contributed by atoms with Gasteiger partial charge in [0.1, 0.15) is 23.7 Å². The Balaban J connectivity index is 0.000000232. The van der Waals surface area contributed by atoms with Crippen LogP contribution in [-0.2, 0) is 13.0 Å². The van der Waals surface area contributed by atoms with E-state index in [9.17, 15) is 13.6 Å². The van der Waals surface area contributed by atoms with E-state index in [1.807, 2.05) is 44.6 Å². The standard InChI is InChI=1S/C15H18N2O.C13H22N2.C7H6F2/c1-3-4-9-17(2)15-14-10-12(11-18)5-6-13(14)7-8-16-15;1-3-12-6-4-7-13(10-12)11-15-9-5-8-14-2;1-5-2-6(8)4-7(9)3-5/h5-8,10-11H,3-4,9H2,1-2H3;4,6-7,10,14-15H,3,5,8-9,11H2,1-2H3;2-4H,1H3. The second-order valence-electron chi connectivity index (χ2n) is 10.3.